The van der Waals surface area contributed by atoms with Crippen LogP contribution < -0.4 is 0 Å². The van der Waals surface area contributed by atoms with Crippen LogP contribution in [-0.4, -0.2) is 11.1 Å². The molecule has 0 radical (unpaired) electrons. The number of carbonyl (C=O) groups is 1. The molecular weight excluding hydrogens is 250 g/mol. The van der Waals surface area contributed by atoms with E-state index in [2.05, 4.69) is 6.07 Å². The van der Waals surface area contributed by atoms with Crippen molar-refractivity contribution in [2.45, 2.75) is 38.5 Å². The lowest BCUT2D eigenvalue weighted by molar-refractivity contribution is -0.133. The standard InChI is InChI=1S/C17H19NO2/c1-2-16(17(19)20)15-9-7-14(8-10-15)13-5-3-12(11-18)4-6-13/h2-6,14-15H,7-10H2,1H3,(H,19,20). The van der Waals surface area contributed by atoms with E-state index in [-0.39, 0.29) is 5.92 Å². The molecule has 1 saturated carbocycles. The third-order valence-electron chi connectivity index (χ3n) is 4.24. The number of nitriles is 1. The second kappa shape index (κ2) is 6.38. The average Bonchev–Trinajstić information content (AvgIpc) is 2.48. The Hall–Kier alpha value is -2.08. The van der Waals surface area contributed by atoms with Crippen molar-refractivity contribution in [2.24, 2.45) is 5.92 Å². The summed E-state index contributed by atoms with van der Waals surface area (Å²) in [5.41, 5.74) is 2.51. The Morgan fingerprint density at radius 3 is 2.30 bits per heavy atom. The Kier molecular flexibility index (Phi) is 4.57. The molecule has 0 heterocycles. The summed E-state index contributed by atoms with van der Waals surface area (Å²) in [6.45, 7) is 1.80. The van der Waals surface area contributed by atoms with Gasteiger partial charge in [-0.15, -0.1) is 0 Å². The largest absolute Gasteiger partial charge is 0.478 e. The Morgan fingerprint density at radius 2 is 1.85 bits per heavy atom. The summed E-state index contributed by atoms with van der Waals surface area (Å²) in [6.07, 6.45) is 5.62. The van der Waals surface area contributed by atoms with Gasteiger partial charge in [0.05, 0.1) is 11.6 Å². The van der Waals surface area contributed by atoms with Crippen molar-refractivity contribution >= 4 is 5.97 Å². The molecule has 1 fully saturated rings. The van der Waals surface area contributed by atoms with E-state index >= 15 is 0 Å². The van der Waals surface area contributed by atoms with Crippen LogP contribution >= 0.6 is 0 Å². The minimum absolute atomic E-state index is 0.187. The molecule has 0 atom stereocenters. The van der Waals surface area contributed by atoms with Gasteiger partial charge in [0, 0.05) is 5.57 Å². The molecule has 1 aromatic rings. The zero-order chi connectivity index (χ0) is 14.5. The maximum atomic E-state index is 11.2. The van der Waals surface area contributed by atoms with Gasteiger partial charge in [-0.3, -0.25) is 0 Å². The summed E-state index contributed by atoms with van der Waals surface area (Å²) >= 11 is 0. The Labute approximate surface area is 119 Å². The van der Waals surface area contributed by atoms with Crippen LogP contribution in [0.4, 0.5) is 0 Å². The van der Waals surface area contributed by atoms with Gasteiger partial charge >= 0.3 is 5.97 Å². The second-order valence-corrected chi connectivity index (χ2v) is 5.33. The SMILES string of the molecule is CC=C(C(=O)O)C1CCC(c2ccc(C#N)cc2)CC1. The van der Waals surface area contributed by atoms with E-state index in [1.165, 1.54) is 5.56 Å². The van der Waals surface area contributed by atoms with Crippen LogP contribution in [0.25, 0.3) is 0 Å². The number of aliphatic carboxylic acids is 1. The maximum Gasteiger partial charge on any atom is 0.331 e. The smallest absolute Gasteiger partial charge is 0.331 e. The van der Waals surface area contributed by atoms with Crippen molar-refractivity contribution in [3.8, 4) is 6.07 Å². The van der Waals surface area contributed by atoms with Crippen LogP contribution in [-0.2, 0) is 4.79 Å². The van der Waals surface area contributed by atoms with E-state index in [0.29, 0.717) is 17.1 Å². The molecule has 0 unspecified atom stereocenters. The first kappa shape index (κ1) is 14.3. The molecular formula is C17H19NO2. The molecule has 104 valence electrons. The summed E-state index contributed by atoms with van der Waals surface area (Å²) in [5, 5.41) is 18.0. The topological polar surface area (TPSA) is 61.1 Å². The van der Waals surface area contributed by atoms with E-state index in [4.69, 9.17) is 10.4 Å². The minimum atomic E-state index is -0.783. The van der Waals surface area contributed by atoms with Crippen molar-refractivity contribution in [1.82, 2.24) is 0 Å². The van der Waals surface area contributed by atoms with E-state index in [0.717, 1.165) is 25.7 Å². The van der Waals surface area contributed by atoms with Gasteiger partial charge in [0.15, 0.2) is 0 Å². The third-order valence-corrected chi connectivity index (χ3v) is 4.24. The molecule has 20 heavy (non-hydrogen) atoms. The predicted octanol–water partition coefficient (Wildman–Crippen LogP) is 3.86. The summed E-state index contributed by atoms with van der Waals surface area (Å²) in [7, 11) is 0. The highest BCUT2D eigenvalue weighted by molar-refractivity contribution is 5.87. The van der Waals surface area contributed by atoms with Crippen LogP contribution in [0.1, 0.15) is 49.7 Å². The van der Waals surface area contributed by atoms with Crippen LogP contribution in [0.15, 0.2) is 35.9 Å². The molecule has 1 aliphatic carbocycles. The quantitative estimate of drug-likeness (QED) is 0.847. The Bertz CT molecular complexity index is 543. The number of carboxylic acids is 1. The fourth-order valence-corrected chi connectivity index (χ4v) is 3.10. The number of benzene rings is 1. The van der Waals surface area contributed by atoms with Crippen LogP contribution in [0.3, 0.4) is 0 Å². The lowest BCUT2D eigenvalue weighted by atomic mass is 9.76. The number of nitrogens with zero attached hydrogens (tertiary/aromatic N) is 1. The highest BCUT2D eigenvalue weighted by Gasteiger charge is 2.27. The van der Waals surface area contributed by atoms with Gasteiger partial charge in [-0.2, -0.15) is 5.26 Å². The van der Waals surface area contributed by atoms with Crippen molar-refractivity contribution in [1.29, 1.82) is 5.26 Å². The highest BCUT2D eigenvalue weighted by Crippen LogP contribution is 2.38. The summed E-state index contributed by atoms with van der Waals surface area (Å²) in [4.78, 5) is 11.2. The second-order valence-electron chi connectivity index (χ2n) is 5.33. The zero-order valence-corrected chi connectivity index (χ0v) is 11.7. The molecule has 0 aromatic heterocycles. The molecule has 1 aromatic carbocycles. The van der Waals surface area contributed by atoms with Crippen molar-refractivity contribution in [3.05, 3.63) is 47.0 Å². The summed E-state index contributed by atoms with van der Waals surface area (Å²) in [6, 6.07) is 9.89. The molecule has 2 rings (SSSR count). The highest BCUT2D eigenvalue weighted by atomic mass is 16.4. The first-order chi connectivity index (χ1) is 9.65. The molecule has 0 saturated heterocycles. The van der Waals surface area contributed by atoms with Gasteiger partial charge in [0.2, 0.25) is 0 Å². The molecule has 3 nitrogen and oxygen atoms in total. The maximum absolute atomic E-state index is 11.2. The lowest BCUT2D eigenvalue weighted by Gasteiger charge is -2.29. The van der Waals surface area contributed by atoms with Crippen LogP contribution in [0, 0.1) is 17.2 Å². The number of carboxylic acid groups (broad SMARTS) is 1. The molecule has 0 amide bonds. The van der Waals surface area contributed by atoms with E-state index in [9.17, 15) is 4.79 Å². The Morgan fingerprint density at radius 1 is 1.25 bits per heavy atom. The van der Waals surface area contributed by atoms with E-state index < -0.39 is 5.97 Å². The molecule has 1 N–H and O–H groups in total. The molecule has 3 heteroatoms. The molecule has 0 bridgehead atoms. The summed E-state index contributed by atoms with van der Waals surface area (Å²) in [5.74, 6) is -0.104. The first-order valence-corrected chi connectivity index (χ1v) is 7.05. The van der Waals surface area contributed by atoms with Crippen molar-refractivity contribution in [2.75, 3.05) is 0 Å². The van der Waals surface area contributed by atoms with Gasteiger partial charge in [-0.25, -0.2) is 4.79 Å². The fourth-order valence-electron chi connectivity index (χ4n) is 3.10. The molecule has 0 spiro atoms. The van der Waals surface area contributed by atoms with Gasteiger partial charge in [-0.1, -0.05) is 18.2 Å². The lowest BCUT2D eigenvalue weighted by Crippen LogP contribution is -2.19. The number of hydrogen-bond acceptors (Lipinski definition) is 2. The average molecular weight is 269 g/mol. The van der Waals surface area contributed by atoms with Gasteiger partial charge < -0.3 is 5.11 Å². The van der Waals surface area contributed by atoms with E-state index in [1.807, 2.05) is 24.3 Å². The predicted molar refractivity (Wildman–Crippen MR) is 77.2 cm³/mol. The molecule has 0 aliphatic heterocycles. The van der Waals surface area contributed by atoms with E-state index in [1.54, 1.807) is 13.0 Å². The number of rotatable bonds is 3. The Balaban J connectivity index is 2.00. The first-order valence-electron chi connectivity index (χ1n) is 7.05. The van der Waals surface area contributed by atoms with Crippen LogP contribution in [0.2, 0.25) is 0 Å². The summed E-state index contributed by atoms with van der Waals surface area (Å²) < 4.78 is 0. The normalized spacial score (nSPS) is 23.1. The number of hydrogen-bond donors (Lipinski definition) is 1. The van der Waals surface area contributed by atoms with Gasteiger partial charge in [-0.05, 0) is 62.1 Å². The fraction of sp³-hybridized carbons (Fsp3) is 0.412. The minimum Gasteiger partial charge on any atom is -0.478 e. The van der Waals surface area contributed by atoms with Crippen molar-refractivity contribution < 1.29 is 9.90 Å². The zero-order valence-electron chi connectivity index (χ0n) is 11.7. The third kappa shape index (κ3) is 3.08. The number of allylic oxidation sites excluding steroid dienone is 1. The van der Waals surface area contributed by atoms with Gasteiger partial charge in [0.25, 0.3) is 0 Å². The monoisotopic (exact) mass is 269 g/mol. The van der Waals surface area contributed by atoms with Crippen LogP contribution in [0.5, 0.6) is 0 Å². The van der Waals surface area contributed by atoms with Crippen molar-refractivity contribution in [3.63, 3.8) is 0 Å². The molecule has 1 aliphatic rings. The van der Waals surface area contributed by atoms with Gasteiger partial charge in [0.1, 0.15) is 0 Å².